The number of Topliss-reactive ketones (excluding diaryl/α,β-unsaturated/α-hetero) is 2. The molecule has 0 saturated heterocycles. The highest BCUT2D eigenvalue weighted by atomic mass is 16.4. The quantitative estimate of drug-likeness (QED) is 0.371. The van der Waals surface area contributed by atoms with Crippen molar-refractivity contribution < 1.29 is 39.4 Å². The fraction of sp³-hybridized carbons (Fsp3) is 0.600. The maximum absolute atomic E-state index is 10.2. The summed E-state index contributed by atoms with van der Waals surface area (Å²) in [5.41, 5.74) is 0. The highest BCUT2D eigenvalue weighted by Gasteiger charge is 2.15. The fourth-order valence-corrected chi connectivity index (χ4v) is 0.494. The predicted octanol–water partition coefficient (Wildman–Crippen LogP) is -1.17. The molecule has 4 N–H and O–H groups in total. The van der Waals surface area contributed by atoms with Crippen LogP contribution in [0.2, 0.25) is 0 Å². The minimum absolute atomic E-state index is 0.396. The Morgan fingerprint density at radius 2 is 0.895 bits per heavy atom. The van der Waals surface area contributed by atoms with Crippen molar-refractivity contribution in [3.05, 3.63) is 0 Å². The second-order valence-corrected chi connectivity index (χ2v) is 3.79. The molecule has 0 unspecified atom stereocenters. The summed E-state index contributed by atoms with van der Waals surface area (Å²) in [7, 11) is -0.750. The lowest BCUT2D eigenvalue weighted by Gasteiger charge is -1.93. The van der Waals surface area contributed by atoms with Crippen LogP contribution in [0.25, 0.3) is 0 Å². The molecule has 0 aromatic heterocycles. The van der Waals surface area contributed by atoms with Gasteiger partial charge in [0, 0.05) is 11.8 Å². The Bertz CT molecular complexity index is 281. The smallest absolute Gasteiger partial charge is 0.432 e. The van der Waals surface area contributed by atoms with Crippen LogP contribution in [-0.2, 0) is 19.2 Å². The molecular formula is C10H19BO8. The summed E-state index contributed by atoms with van der Waals surface area (Å²) in [4.78, 5) is 40.1. The van der Waals surface area contributed by atoms with Crippen molar-refractivity contribution >= 4 is 31.2 Å². The molecule has 110 valence electrons. The first-order valence-corrected chi connectivity index (χ1v) is 5.28. The third-order valence-electron chi connectivity index (χ3n) is 1.47. The lowest BCUT2D eigenvalue weighted by atomic mass is 10.1. The Balaban J connectivity index is -0.000000224. The van der Waals surface area contributed by atoms with Crippen molar-refractivity contribution in [2.24, 2.45) is 11.8 Å². The van der Waals surface area contributed by atoms with Gasteiger partial charge in [0.05, 0.1) is 0 Å². The number of carbonyl (C=O) groups excluding carboxylic acids is 2. The molecule has 0 aliphatic carbocycles. The van der Waals surface area contributed by atoms with Gasteiger partial charge in [0.1, 0.15) is 0 Å². The van der Waals surface area contributed by atoms with Crippen LogP contribution in [0.1, 0.15) is 27.7 Å². The summed E-state index contributed by atoms with van der Waals surface area (Å²) < 4.78 is 0. The first kappa shape index (κ1) is 22.4. The molecule has 0 rings (SSSR count). The summed E-state index contributed by atoms with van der Waals surface area (Å²) in [6.07, 6.45) is 0. The third-order valence-corrected chi connectivity index (χ3v) is 1.47. The van der Waals surface area contributed by atoms with E-state index in [1.807, 2.05) is 0 Å². The van der Waals surface area contributed by atoms with Crippen LogP contribution in [0.15, 0.2) is 0 Å². The normalized spacial score (nSPS) is 8.63. The molecule has 9 heteroatoms. The number of aliphatic carboxylic acids is 2. The van der Waals surface area contributed by atoms with Gasteiger partial charge in [-0.25, -0.2) is 9.59 Å². The molecule has 0 atom stereocenters. The number of carboxylic acids is 2. The van der Waals surface area contributed by atoms with Crippen LogP contribution in [0.5, 0.6) is 0 Å². The Morgan fingerprint density at radius 3 is 0.895 bits per heavy atom. The van der Waals surface area contributed by atoms with Crippen molar-refractivity contribution in [2.45, 2.75) is 27.7 Å². The molecule has 0 aromatic carbocycles. The lowest BCUT2D eigenvalue weighted by molar-refractivity contribution is -0.150. The van der Waals surface area contributed by atoms with Gasteiger partial charge >= 0.3 is 19.6 Å². The second-order valence-electron chi connectivity index (χ2n) is 3.79. The molecular weight excluding hydrogens is 259 g/mol. The molecule has 0 fully saturated rings. The lowest BCUT2D eigenvalue weighted by Crippen LogP contribution is -2.18. The standard InChI is InChI=1S/2C5H8O3.BH3O2/c2*1-3(2)4(6)5(7)8;2-1-3/h2*3H,1-2H3,(H,7,8);1-3H. The molecule has 0 amide bonds. The van der Waals surface area contributed by atoms with Gasteiger partial charge in [0.2, 0.25) is 11.6 Å². The van der Waals surface area contributed by atoms with E-state index < -0.39 is 43.0 Å². The van der Waals surface area contributed by atoms with E-state index in [1.165, 1.54) is 0 Å². The minimum Gasteiger partial charge on any atom is -0.475 e. The number of hydrogen-bond acceptors (Lipinski definition) is 6. The highest BCUT2D eigenvalue weighted by molar-refractivity contribution is 6.33. The average Bonchev–Trinajstić information content (AvgIpc) is 2.28. The van der Waals surface area contributed by atoms with Crippen LogP contribution in [-0.4, -0.2) is 51.5 Å². The second kappa shape index (κ2) is 12.7. The number of rotatable bonds is 4. The van der Waals surface area contributed by atoms with Gasteiger partial charge in [-0.2, -0.15) is 0 Å². The monoisotopic (exact) mass is 278 g/mol. The van der Waals surface area contributed by atoms with Gasteiger partial charge in [-0.1, -0.05) is 27.7 Å². The van der Waals surface area contributed by atoms with Crippen molar-refractivity contribution in [2.75, 3.05) is 0 Å². The van der Waals surface area contributed by atoms with Gasteiger partial charge in [0.25, 0.3) is 0 Å². The SMILES string of the molecule is CC(C)C(=O)C(=O)O.CC(C)C(=O)C(=O)O.OBO. The number of ketones is 2. The zero-order valence-electron chi connectivity index (χ0n) is 11.3. The predicted molar refractivity (Wildman–Crippen MR) is 66.5 cm³/mol. The van der Waals surface area contributed by atoms with E-state index in [9.17, 15) is 19.2 Å². The van der Waals surface area contributed by atoms with Crippen LogP contribution in [0, 0.1) is 11.8 Å². The summed E-state index contributed by atoms with van der Waals surface area (Å²) in [6, 6.07) is 0. The van der Waals surface area contributed by atoms with Crippen LogP contribution >= 0.6 is 0 Å². The molecule has 0 aliphatic heterocycles. The minimum atomic E-state index is -1.35. The van der Waals surface area contributed by atoms with Crippen molar-refractivity contribution in [1.29, 1.82) is 0 Å². The third kappa shape index (κ3) is 16.3. The van der Waals surface area contributed by atoms with E-state index in [0.717, 1.165) is 0 Å². The van der Waals surface area contributed by atoms with E-state index in [1.54, 1.807) is 27.7 Å². The zero-order chi connectivity index (χ0) is 16.2. The molecule has 19 heavy (non-hydrogen) atoms. The first-order chi connectivity index (χ1) is 8.52. The van der Waals surface area contributed by atoms with Gasteiger partial charge < -0.3 is 20.3 Å². The molecule has 0 saturated carbocycles. The average molecular weight is 278 g/mol. The van der Waals surface area contributed by atoms with Crippen LogP contribution in [0.3, 0.4) is 0 Å². The van der Waals surface area contributed by atoms with Crippen molar-refractivity contribution in [3.8, 4) is 0 Å². The number of carboxylic acid groups (broad SMARTS) is 2. The summed E-state index contributed by atoms with van der Waals surface area (Å²) in [5, 5.41) is 30.3. The van der Waals surface area contributed by atoms with E-state index in [0.29, 0.717) is 0 Å². The molecule has 0 aromatic rings. The van der Waals surface area contributed by atoms with E-state index >= 15 is 0 Å². The Labute approximate surface area is 111 Å². The summed E-state index contributed by atoms with van der Waals surface area (Å²) in [6.45, 7) is 6.21. The maximum atomic E-state index is 10.2. The fourth-order valence-electron chi connectivity index (χ4n) is 0.494. The van der Waals surface area contributed by atoms with Gasteiger partial charge in [-0.05, 0) is 0 Å². The molecule has 0 radical (unpaired) electrons. The van der Waals surface area contributed by atoms with Crippen molar-refractivity contribution in [3.63, 3.8) is 0 Å². The first-order valence-electron chi connectivity index (χ1n) is 5.28. The maximum Gasteiger partial charge on any atom is 0.432 e. The van der Waals surface area contributed by atoms with Crippen LogP contribution < -0.4 is 0 Å². The zero-order valence-corrected chi connectivity index (χ0v) is 11.3. The Hall–Kier alpha value is -1.74. The molecule has 0 heterocycles. The molecule has 0 bridgehead atoms. The topological polar surface area (TPSA) is 149 Å². The van der Waals surface area contributed by atoms with Crippen molar-refractivity contribution in [1.82, 2.24) is 0 Å². The summed E-state index contributed by atoms with van der Waals surface area (Å²) in [5.74, 6) is -4.95. The van der Waals surface area contributed by atoms with Gasteiger partial charge in [-0.15, -0.1) is 0 Å². The van der Waals surface area contributed by atoms with Crippen LogP contribution in [0.4, 0.5) is 0 Å². The van der Waals surface area contributed by atoms with E-state index in [4.69, 9.17) is 20.3 Å². The molecule has 8 nitrogen and oxygen atoms in total. The Morgan fingerprint density at radius 1 is 0.737 bits per heavy atom. The molecule has 0 aliphatic rings. The van der Waals surface area contributed by atoms with Gasteiger partial charge in [0.15, 0.2) is 0 Å². The number of carbonyl (C=O) groups is 4. The van der Waals surface area contributed by atoms with E-state index in [2.05, 4.69) is 0 Å². The van der Waals surface area contributed by atoms with Gasteiger partial charge in [-0.3, -0.25) is 9.59 Å². The largest absolute Gasteiger partial charge is 0.475 e. The Kier molecular flexibility index (Phi) is 15.0. The molecule has 0 spiro atoms. The van der Waals surface area contributed by atoms with E-state index in [-0.39, 0.29) is 0 Å². The summed E-state index contributed by atoms with van der Waals surface area (Å²) >= 11 is 0. The number of hydrogen-bond donors (Lipinski definition) is 4. The highest BCUT2D eigenvalue weighted by Crippen LogP contribution is 1.92.